The number of hydrogen-bond acceptors (Lipinski definition) is 3. The molecule has 0 saturated carbocycles. The highest BCUT2D eigenvalue weighted by molar-refractivity contribution is 5.97. The van der Waals surface area contributed by atoms with Crippen LogP contribution in [0, 0.1) is 0 Å². The van der Waals surface area contributed by atoms with Crippen molar-refractivity contribution in [1.82, 2.24) is 5.32 Å². The van der Waals surface area contributed by atoms with Gasteiger partial charge < -0.3 is 9.90 Å². The molecule has 1 aliphatic heterocycles. The number of aldehydes is 1. The van der Waals surface area contributed by atoms with Gasteiger partial charge in [-0.2, -0.15) is 0 Å². The molecule has 0 radical (unpaired) electrons. The Balaban J connectivity index is 2.76. The molecule has 1 atom stereocenters. The van der Waals surface area contributed by atoms with Gasteiger partial charge in [-0.05, 0) is 19.4 Å². The first-order valence-electron chi connectivity index (χ1n) is 3.16. The van der Waals surface area contributed by atoms with Crippen LogP contribution in [0.1, 0.15) is 12.8 Å². The second kappa shape index (κ2) is 2.38. The number of rotatable bonds is 2. The summed E-state index contributed by atoms with van der Waals surface area (Å²) in [6.07, 6.45) is 1.64. The molecule has 1 heterocycles. The standard InChI is InChI=1S/C6H9NO3/c8-4-6(5(9)10)2-1-3-7-6/h4,7H,1-3H2,(H,9,10)/t6-/m0/s1. The minimum Gasteiger partial charge on any atom is -0.480 e. The van der Waals surface area contributed by atoms with Crippen molar-refractivity contribution in [3.8, 4) is 0 Å². The predicted molar refractivity (Wildman–Crippen MR) is 33.7 cm³/mol. The van der Waals surface area contributed by atoms with Crippen molar-refractivity contribution in [2.45, 2.75) is 18.4 Å². The summed E-state index contributed by atoms with van der Waals surface area (Å²) >= 11 is 0. The smallest absolute Gasteiger partial charge is 0.331 e. The molecule has 56 valence electrons. The Kier molecular flexibility index (Phi) is 1.72. The first-order chi connectivity index (χ1) is 4.71. The summed E-state index contributed by atoms with van der Waals surface area (Å²) in [4.78, 5) is 20.8. The SMILES string of the molecule is O=C[C@]1(C(=O)O)CCCN1. The van der Waals surface area contributed by atoms with Gasteiger partial charge in [0.15, 0.2) is 11.8 Å². The van der Waals surface area contributed by atoms with Crippen molar-refractivity contribution in [3.05, 3.63) is 0 Å². The Morgan fingerprint density at radius 1 is 1.70 bits per heavy atom. The summed E-state index contributed by atoms with van der Waals surface area (Å²) in [5.41, 5.74) is -1.28. The normalized spacial score (nSPS) is 32.0. The predicted octanol–water partition coefficient (Wildman–Crippen LogP) is -0.608. The summed E-state index contributed by atoms with van der Waals surface area (Å²) in [7, 11) is 0. The molecule has 0 aliphatic carbocycles. The fourth-order valence-electron chi connectivity index (χ4n) is 1.10. The second-order valence-corrected chi connectivity index (χ2v) is 2.42. The molecule has 1 fully saturated rings. The molecule has 0 amide bonds. The number of carbonyl (C=O) groups excluding carboxylic acids is 1. The fourth-order valence-corrected chi connectivity index (χ4v) is 1.10. The van der Waals surface area contributed by atoms with Gasteiger partial charge in [0.2, 0.25) is 0 Å². The molecular formula is C6H9NO3. The monoisotopic (exact) mass is 143 g/mol. The molecule has 1 saturated heterocycles. The van der Waals surface area contributed by atoms with Gasteiger partial charge in [0.05, 0.1) is 0 Å². The zero-order chi connectivity index (χ0) is 7.61. The fraction of sp³-hybridized carbons (Fsp3) is 0.667. The van der Waals surface area contributed by atoms with E-state index in [9.17, 15) is 9.59 Å². The van der Waals surface area contributed by atoms with Crippen LogP contribution in [-0.4, -0.2) is 29.4 Å². The molecule has 0 spiro atoms. The lowest BCUT2D eigenvalue weighted by molar-refractivity contribution is -0.146. The van der Waals surface area contributed by atoms with E-state index < -0.39 is 11.5 Å². The molecule has 1 aliphatic rings. The Labute approximate surface area is 58.2 Å². The van der Waals surface area contributed by atoms with Crippen molar-refractivity contribution >= 4 is 12.3 Å². The quantitative estimate of drug-likeness (QED) is 0.400. The van der Waals surface area contributed by atoms with Crippen molar-refractivity contribution in [3.63, 3.8) is 0 Å². The largest absolute Gasteiger partial charge is 0.480 e. The first-order valence-corrected chi connectivity index (χ1v) is 3.16. The van der Waals surface area contributed by atoms with E-state index in [4.69, 9.17) is 5.11 Å². The molecule has 2 N–H and O–H groups in total. The van der Waals surface area contributed by atoms with Gasteiger partial charge in [-0.15, -0.1) is 0 Å². The topological polar surface area (TPSA) is 66.4 Å². The highest BCUT2D eigenvalue weighted by Crippen LogP contribution is 2.16. The van der Waals surface area contributed by atoms with E-state index in [-0.39, 0.29) is 0 Å². The molecule has 4 heteroatoms. The minimum absolute atomic E-state index is 0.409. The minimum atomic E-state index is -1.28. The van der Waals surface area contributed by atoms with E-state index in [0.29, 0.717) is 19.3 Å². The van der Waals surface area contributed by atoms with E-state index >= 15 is 0 Å². The Bertz CT molecular complexity index is 160. The third-order valence-electron chi connectivity index (χ3n) is 1.77. The molecule has 0 bridgehead atoms. The van der Waals surface area contributed by atoms with Gasteiger partial charge in [-0.25, -0.2) is 4.79 Å². The molecule has 1 rings (SSSR count). The van der Waals surface area contributed by atoms with Crippen LogP contribution >= 0.6 is 0 Å². The number of carbonyl (C=O) groups is 2. The van der Waals surface area contributed by atoms with Crippen LogP contribution in [0.25, 0.3) is 0 Å². The third-order valence-corrected chi connectivity index (χ3v) is 1.77. The van der Waals surface area contributed by atoms with E-state index in [1.807, 2.05) is 0 Å². The number of carboxylic acids is 1. The number of nitrogens with one attached hydrogen (secondary N) is 1. The zero-order valence-corrected chi connectivity index (χ0v) is 5.46. The third kappa shape index (κ3) is 0.903. The van der Waals surface area contributed by atoms with E-state index in [1.54, 1.807) is 0 Å². The maximum Gasteiger partial charge on any atom is 0.331 e. The molecular weight excluding hydrogens is 134 g/mol. The molecule has 0 unspecified atom stereocenters. The molecule has 0 aromatic carbocycles. The summed E-state index contributed by atoms with van der Waals surface area (Å²) in [6, 6.07) is 0. The Hall–Kier alpha value is -0.900. The molecule has 0 aromatic rings. The summed E-state index contributed by atoms with van der Waals surface area (Å²) < 4.78 is 0. The van der Waals surface area contributed by atoms with Crippen LogP contribution in [-0.2, 0) is 9.59 Å². The molecule has 4 nitrogen and oxygen atoms in total. The van der Waals surface area contributed by atoms with E-state index in [2.05, 4.69) is 5.32 Å². The van der Waals surface area contributed by atoms with Crippen molar-refractivity contribution < 1.29 is 14.7 Å². The number of hydrogen-bond donors (Lipinski definition) is 2. The lowest BCUT2D eigenvalue weighted by Gasteiger charge is -2.15. The van der Waals surface area contributed by atoms with Crippen LogP contribution in [0.3, 0.4) is 0 Å². The second-order valence-electron chi connectivity index (χ2n) is 2.42. The molecule has 0 aromatic heterocycles. The lowest BCUT2D eigenvalue weighted by Crippen LogP contribution is -2.48. The van der Waals surface area contributed by atoms with Gasteiger partial charge in [0.25, 0.3) is 0 Å². The van der Waals surface area contributed by atoms with Crippen LogP contribution in [0.15, 0.2) is 0 Å². The average Bonchev–Trinajstić information content (AvgIpc) is 2.35. The number of aliphatic carboxylic acids is 1. The van der Waals surface area contributed by atoms with E-state index in [1.165, 1.54) is 0 Å². The van der Waals surface area contributed by atoms with Crippen molar-refractivity contribution in [2.75, 3.05) is 6.54 Å². The van der Waals surface area contributed by atoms with Gasteiger partial charge in [-0.1, -0.05) is 0 Å². The van der Waals surface area contributed by atoms with Crippen LogP contribution in [0.4, 0.5) is 0 Å². The summed E-state index contributed by atoms with van der Waals surface area (Å²) in [5, 5.41) is 11.2. The molecule has 10 heavy (non-hydrogen) atoms. The highest BCUT2D eigenvalue weighted by atomic mass is 16.4. The van der Waals surface area contributed by atoms with Gasteiger partial charge in [0, 0.05) is 0 Å². The lowest BCUT2D eigenvalue weighted by atomic mass is 10.0. The average molecular weight is 143 g/mol. The van der Waals surface area contributed by atoms with Crippen molar-refractivity contribution in [1.29, 1.82) is 0 Å². The van der Waals surface area contributed by atoms with Gasteiger partial charge in [0.1, 0.15) is 0 Å². The van der Waals surface area contributed by atoms with Gasteiger partial charge >= 0.3 is 5.97 Å². The van der Waals surface area contributed by atoms with Crippen LogP contribution in [0.5, 0.6) is 0 Å². The summed E-state index contributed by atoms with van der Waals surface area (Å²) in [5.74, 6) is -1.07. The van der Waals surface area contributed by atoms with E-state index in [0.717, 1.165) is 6.42 Å². The maximum absolute atomic E-state index is 10.5. The zero-order valence-electron chi connectivity index (χ0n) is 5.46. The van der Waals surface area contributed by atoms with Gasteiger partial charge in [-0.3, -0.25) is 5.32 Å². The van der Waals surface area contributed by atoms with Crippen molar-refractivity contribution in [2.24, 2.45) is 0 Å². The Morgan fingerprint density at radius 3 is 2.60 bits per heavy atom. The first kappa shape index (κ1) is 7.21. The van der Waals surface area contributed by atoms with Crippen LogP contribution in [0.2, 0.25) is 0 Å². The highest BCUT2D eigenvalue weighted by Gasteiger charge is 2.40. The van der Waals surface area contributed by atoms with Crippen LogP contribution < -0.4 is 5.32 Å². The number of carboxylic acid groups (broad SMARTS) is 1. The Morgan fingerprint density at radius 2 is 2.40 bits per heavy atom. The maximum atomic E-state index is 10.5. The summed E-state index contributed by atoms with van der Waals surface area (Å²) in [6.45, 7) is 0.616.